The van der Waals surface area contributed by atoms with E-state index in [0.717, 1.165) is 23.2 Å². The van der Waals surface area contributed by atoms with Gasteiger partial charge in [-0.25, -0.2) is 0 Å². The Balaban J connectivity index is 2.04. The molecule has 5 nitrogen and oxygen atoms in total. The first-order valence-corrected chi connectivity index (χ1v) is 7.29. The van der Waals surface area contributed by atoms with Gasteiger partial charge in [-0.15, -0.1) is 0 Å². The topological polar surface area (TPSA) is 67.2 Å². The van der Waals surface area contributed by atoms with E-state index in [9.17, 15) is 10.1 Å². The van der Waals surface area contributed by atoms with Crippen molar-refractivity contribution in [2.75, 3.05) is 18.4 Å². The number of anilines is 1. The van der Waals surface area contributed by atoms with Crippen LogP contribution in [-0.4, -0.2) is 24.1 Å². The lowest BCUT2D eigenvalue weighted by molar-refractivity contribution is -0.385. The number of hydrogen-bond donors (Lipinski definition) is 2. The van der Waals surface area contributed by atoms with Crippen LogP contribution in [0.3, 0.4) is 0 Å². The fourth-order valence-electron chi connectivity index (χ4n) is 2.33. The Kier molecular flexibility index (Phi) is 4.76. The van der Waals surface area contributed by atoms with Crippen molar-refractivity contribution in [1.82, 2.24) is 5.32 Å². The highest BCUT2D eigenvalue weighted by Crippen LogP contribution is 2.30. The molecule has 0 bridgehead atoms. The van der Waals surface area contributed by atoms with Crippen molar-refractivity contribution in [3.8, 4) is 0 Å². The number of halogens is 1. The predicted octanol–water partition coefficient (Wildman–Crippen LogP) is 3.22. The van der Waals surface area contributed by atoms with Crippen molar-refractivity contribution in [3.05, 3.63) is 32.3 Å². The van der Waals surface area contributed by atoms with Crippen LogP contribution < -0.4 is 10.6 Å². The van der Waals surface area contributed by atoms with E-state index in [2.05, 4.69) is 26.6 Å². The van der Waals surface area contributed by atoms with Gasteiger partial charge in [-0.05, 0) is 48.3 Å². The van der Waals surface area contributed by atoms with E-state index in [1.807, 2.05) is 6.07 Å². The minimum Gasteiger partial charge on any atom is -0.383 e. The molecule has 0 radical (unpaired) electrons. The van der Waals surface area contributed by atoms with Crippen molar-refractivity contribution >= 4 is 27.3 Å². The molecule has 1 aromatic rings. The molecule has 1 atom stereocenters. The summed E-state index contributed by atoms with van der Waals surface area (Å²) in [5, 5.41) is 17.7. The quantitative estimate of drug-likeness (QED) is 0.658. The fourth-order valence-corrected chi connectivity index (χ4v) is 2.81. The van der Waals surface area contributed by atoms with Crippen LogP contribution >= 0.6 is 15.9 Å². The Labute approximate surface area is 121 Å². The number of hydrogen-bond acceptors (Lipinski definition) is 4. The second-order valence-corrected chi connectivity index (χ2v) is 5.76. The van der Waals surface area contributed by atoms with Gasteiger partial charge in [0.2, 0.25) is 0 Å². The van der Waals surface area contributed by atoms with Crippen molar-refractivity contribution < 1.29 is 4.92 Å². The van der Waals surface area contributed by atoms with Gasteiger partial charge in [-0.2, -0.15) is 0 Å². The summed E-state index contributed by atoms with van der Waals surface area (Å²) in [6.45, 7) is 3.68. The lowest BCUT2D eigenvalue weighted by Gasteiger charge is -2.24. The van der Waals surface area contributed by atoms with E-state index in [4.69, 9.17) is 0 Å². The van der Waals surface area contributed by atoms with E-state index in [0.29, 0.717) is 11.6 Å². The summed E-state index contributed by atoms with van der Waals surface area (Å²) in [6.07, 6.45) is 3.69. The third kappa shape index (κ3) is 3.67. The summed E-state index contributed by atoms with van der Waals surface area (Å²) in [6, 6.07) is 3.87. The molecular formula is C13H18BrN3O2. The number of nitrogens with zero attached hydrogens (tertiary/aromatic N) is 1. The first kappa shape index (κ1) is 14.3. The van der Waals surface area contributed by atoms with E-state index in [1.54, 1.807) is 13.0 Å². The molecule has 1 fully saturated rings. The summed E-state index contributed by atoms with van der Waals surface area (Å²) in [4.78, 5) is 10.5. The van der Waals surface area contributed by atoms with Gasteiger partial charge in [-0.1, -0.05) is 6.42 Å². The number of piperidine rings is 1. The van der Waals surface area contributed by atoms with Gasteiger partial charge in [0.15, 0.2) is 0 Å². The molecule has 6 heteroatoms. The molecule has 1 aliphatic rings. The second kappa shape index (κ2) is 6.34. The number of aryl methyl sites for hydroxylation is 1. The molecule has 19 heavy (non-hydrogen) atoms. The van der Waals surface area contributed by atoms with Gasteiger partial charge in [0.05, 0.1) is 4.92 Å². The summed E-state index contributed by atoms with van der Waals surface area (Å²) < 4.78 is 0.737. The third-order valence-electron chi connectivity index (χ3n) is 3.43. The number of nitro benzene ring substituents is 1. The second-order valence-electron chi connectivity index (χ2n) is 4.90. The van der Waals surface area contributed by atoms with Crippen LogP contribution in [0.4, 0.5) is 11.4 Å². The van der Waals surface area contributed by atoms with Crippen LogP contribution in [0.5, 0.6) is 0 Å². The fraction of sp³-hybridized carbons (Fsp3) is 0.538. The van der Waals surface area contributed by atoms with Crippen molar-refractivity contribution in [3.63, 3.8) is 0 Å². The van der Waals surface area contributed by atoms with Crippen molar-refractivity contribution in [2.45, 2.75) is 32.2 Å². The monoisotopic (exact) mass is 327 g/mol. The average Bonchev–Trinajstić information content (AvgIpc) is 2.40. The molecular weight excluding hydrogens is 310 g/mol. The average molecular weight is 328 g/mol. The zero-order chi connectivity index (χ0) is 13.8. The molecule has 104 valence electrons. The zero-order valence-corrected chi connectivity index (χ0v) is 12.5. The highest BCUT2D eigenvalue weighted by Gasteiger charge is 2.16. The molecule has 2 N–H and O–H groups in total. The Hall–Kier alpha value is -1.14. The van der Waals surface area contributed by atoms with Crippen molar-refractivity contribution in [2.24, 2.45) is 0 Å². The minimum absolute atomic E-state index is 0.146. The van der Waals surface area contributed by atoms with Gasteiger partial charge in [0.1, 0.15) is 0 Å². The molecule has 0 spiro atoms. The van der Waals surface area contributed by atoms with Gasteiger partial charge in [0.25, 0.3) is 5.69 Å². The minimum atomic E-state index is -0.355. The predicted molar refractivity (Wildman–Crippen MR) is 79.7 cm³/mol. The molecule has 0 aliphatic carbocycles. The highest BCUT2D eigenvalue weighted by molar-refractivity contribution is 9.10. The molecule has 0 amide bonds. The van der Waals surface area contributed by atoms with E-state index in [-0.39, 0.29) is 10.6 Å². The maximum atomic E-state index is 10.8. The summed E-state index contributed by atoms with van der Waals surface area (Å²) in [7, 11) is 0. The molecule has 2 rings (SSSR count). The van der Waals surface area contributed by atoms with Gasteiger partial charge < -0.3 is 10.6 Å². The highest BCUT2D eigenvalue weighted by atomic mass is 79.9. The number of rotatable bonds is 4. The van der Waals surface area contributed by atoms with E-state index in [1.165, 1.54) is 19.3 Å². The Morgan fingerprint density at radius 3 is 2.95 bits per heavy atom. The van der Waals surface area contributed by atoms with Gasteiger partial charge in [-0.3, -0.25) is 10.1 Å². The van der Waals surface area contributed by atoms with Gasteiger partial charge >= 0.3 is 0 Å². The van der Waals surface area contributed by atoms with Crippen LogP contribution in [0.2, 0.25) is 0 Å². The van der Waals surface area contributed by atoms with Crippen LogP contribution in [0.25, 0.3) is 0 Å². The standard InChI is InChI=1S/C13H18BrN3O2/c1-9-6-12(11(14)7-13(9)17(18)19)16-8-10-4-2-3-5-15-10/h6-7,10,15-16H,2-5,8H2,1H3. The SMILES string of the molecule is Cc1cc(NCC2CCCCN2)c(Br)cc1[N+](=O)[O-]. The van der Waals surface area contributed by atoms with E-state index < -0.39 is 0 Å². The van der Waals surface area contributed by atoms with Crippen LogP contribution in [0.15, 0.2) is 16.6 Å². The summed E-state index contributed by atoms with van der Waals surface area (Å²) in [5.41, 5.74) is 1.73. The Morgan fingerprint density at radius 1 is 1.53 bits per heavy atom. The Bertz CT molecular complexity index is 473. The lowest BCUT2D eigenvalue weighted by Crippen LogP contribution is -2.39. The number of nitrogens with one attached hydrogen (secondary N) is 2. The van der Waals surface area contributed by atoms with Gasteiger partial charge in [0, 0.05) is 34.4 Å². The molecule has 1 saturated heterocycles. The smallest absolute Gasteiger partial charge is 0.273 e. The van der Waals surface area contributed by atoms with E-state index >= 15 is 0 Å². The number of nitro groups is 1. The van der Waals surface area contributed by atoms with Crippen LogP contribution in [0.1, 0.15) is 24.8 Å². The first-order valence-electron chi connectivity index (χ1n) is 6.49. The normalized spacial score (nSPS) is 19.2. The molecule has 0 aromatic heterocycles. The summed E-state index contributed by atoms with van der Waals surface area (Å²) >= 11 is 3.39. The molecule has 1 unspecified atom stereocenters. The maximum absolute atomic E-state index is 10.8. The molecule has 0 saturated carbocycles. The lowest BCUT2D eigenvalue weighted by atomic mass is 10.0. The number of benzene rings is 1. The molecule has 1 aliphatic heterocycles. The maximum Gasteiger partial charge on any atom is 0.273 e. The molecule has 1 aromatic carbocycles. The van der Waals surface area contributed by atoms with Crippen LogP contribution in [-0.2, 0) is 0 Å². The molecule has 1 heterocycles. The third-order valence-corrected chi connectivity index (χ3v) is 4.09. The Morgan fingerprint density at radius 2 is 2.32 bits per heavy atom. The van der Waals surface area contributed by atoms with Crippen LogP contribution in [0, 0.1) is 17.0 Å². The largest absolute Gasteiger partial charge is 0.383 e. The summed E-state index contributed by atoms with van der Waals surface area (Å²) in [5.74, 6) is 0. The zero-order valence-electron chi connectivity index (χ0n) is 10.9. The first-order chi connectivity index (χ1) is 9.08. The van der Waals surface area contributed by atoms with Crippen molar-refractivity contribution in [1.29, 1.82) is 0 Å².